The van der Waals surface area contributed by atoms with Crippen molar-refractivity contribution in [3.8, 4) is 0 Å². The lowest BCUT2D eigenvalue weighted by atomic mass is 10.9. The van der Waals surface area contributed by atoms with Gasteiger partial charge in [-0.05, 0) is 0 Å². The summed E-state index contributed by atoms with van der Waals surface area (Å²) in [5.74, 6) is 0. The van der Waals surface area contributed by atoms with Crippen molar-refractivity contribution in [1.82, 2.24) is 4.57 Å². The lowest BCUT2D eigenvalue weighted by Gasteiger charge is -1.78. The highest BCUT2D eigenvalue weighted by Gasteiger charge is 2.00. The van der Waals surface area contributed by atoms with Gasteiger partial charge in [0, 0.05) is 0 Å². The Kier molecular flexibility index (Phi) is 3.21. The Hall–Kier alpha value is -0.590. The molecule has 0 saturated carbocycles. The Labute approximate surface area is 69.1 Å². The normalized spacial score (nSPS) is 8.00. The first-order chi connectivity index (χ1) is 3.80. The summed E-state index contributed by atoms with van der Waals surface area (Å²) in [6, 6.07) is -0.480. The largest absolute Gasteiger partial charge is 1.00 e. The Balaban J connectivity index is 0.000000640. The molecule has 9 heavy (non-hydrogen) atoms. The summed E-state index contributed by atoms with van der Waals surface area (Å²) < 4.78 is 1.25. The van der Waals surface area contributed by atoms with E-state index in [0.717, 1.165) is 0 Å². The van der Waals surface area contributed by atoms with Crippen molar-refractivity contribution >= 4 is 6.03 Å². The molecule has 3 N–H and O–H groups in total. The molecule has 0 saturated heterocycles. The Morgan fingerprint density at radius 3 is 2.56 bits per heavy atom. The number of nitrogens with zero attached hydrogens (tertiary/aromatic N) is 1. The van der Waals surface area contributed by atoms with Crippen LogP contribution < -0.4 is 34.7 Å². The van der Waals surface area contributed by atoms with Crippen LogP contribution in [0.15, 0.2) is 18.7 Å². The second-order valence-electron chi connectivity index (χ2n) is 1.36. The molecule has 0 unspecified atom stereocenters. The summed E-state index contributed by atoms with van der Waals surface area (Å²) in [6.07, 6.45) is 4.63. The fourth-order valence-corrected chi connectivity index (χ4v) is 0.427. The van der Waals surface area contributed by atoms with Gasteiger partial charge in [-0.2, -0.15) is 4.57 Å². The van der Waals surface area contributed by atoms with E-state index in [1.54, 1.807) is 12.4 Å². The summed E-state index contributed by atoms with van der Waals surface area (Å²) in [6.45, 7) is 0. The van der Waals surface area contributed by atoms with E-state index in [4.69, 9.17) is 5.73 Å². The average Bonchev–Trinajstić information content (AvgIpc) is 2.12. The quantitative estimate of drug-likeness (QED) is 0.464. The zero-order valence-electron chi connectivity index (χ0n) is 4.54. The van der Waals surface area contributed by atoms with E-state index < -0.39 is 6.03 Å². The molecule has 0 radical (unpaired) electrons. The lowest BCUT2D eigenvalue weighted by molar-refractivity contribution is -0.376. The van der Waals surface area contributed by atoms with Crippen LogP contribution >= 0.6 is 0 Å². The van der Waals surface area contributed by atoms with Crippen molar-refractivity contribution in [2.24, 2.45) is 5.73 Å². The molecule has 5 heteroatoms. The molecule has 1 amide bonds. The second kappa shape index (κ2) is 3.44. The van der Waals surface area contributed by atoms with Crippen LogP contribution in [0.5, 0.6) is 0 Å². The van der Waals surface area contributed by atoms with Crippen LogP contribution in [0, 0.1) is 0 Å². The van der Waals surface area contributed by atoms with Crippen molar-refractivity contribution < 1.29 is 33.8 Å². The molecule has 0 atom stereocenters. The number of aromatic nitrogens is 2. The maximum Gasteiger partial charge on any atom is 0.410 e. The van der Waals surface area contributed by atoms with Crippen molar-refractivity contribution in [1.29, 1.82) is 0 Å². The molecule has 1 heterocycles. The van der Waals surface area contributed by atoms with Crippen LogP contribution in [0.2, 0.25) is 0 Å². The van der Waals surface area contributed by atoms with E-state index in [9.17, 15) is 4.79 Å². The van der Waals surface area contributed by atoms with E-state index in [1.165, 1.54) is 10.9 Å². The molecule has 0 bridgehead atoms. The summed E-state index contributed by atoms with van der Waals surface area (Å²) in [4.78, 5) is 12.9. The number of hydrogen-bond donors (Lipinski definition) is 1. The molecule has 0 aliphatic carbocycles. The van der Waals surface area contributed by atoms with Crippen LogP contribution in [-0.2, 0) is 0 Å². The van der Waals surface area contributed by atoms with Crippen LogP contribution in [0.3, 0.4) is 0 Å². The first-order valence-electron chi connectivity index (χ1n) is 2.14. The fraction of sp³-hybridized carbons (Fsp3) is 0. The van der Waals surface area contributed by atoms with E-state index in [0.29, 0.717) is 0 Å². The van der Waals surface area contributed by atoms with Crippen molar-refractivity contribution in [3.05, 3.63) is 18.7 Å². The number of H-pyrrole nitrogens is 1. The molecular weight excluding hydrogens is 233 g/mol. The minimum absolute atomic E-state index is 0. The highest BCUT2D eigenvalue weighted by Crippen LogP contribution is 1.74. The number of halogens is 1. The molecule has 0 fully saturated rings. The van der Waals surface area contributed by atoms with Crippen molar-refractivity contribution in [2.75, 3.05) is 0 Å². The number of rotatable bonds is 0. The summed E-state index contributed by atoms with van der Waals surface area (Å²) in [7, 11) is 0. The number of hydrogen-bond acceptors (Lipinski definition) is 1. The summed E-state index contributed by atoms with van der Waals surface area (Å²) >= 11 is 0. The standard InChI is InChI=1S/C4H5N3O.HI/c5-4(8)7-2-1-6-3-7;/h1-3H,(H2,5,8);1H. The number of nitrogens with two attached hydrogens (primary N) is 1. The van der Waals surface area contributed by atoms with E-state index in [2.05, 4.69) is 4.98 Å². The summed E-state index contributed by atoms with van der Waals surface area (Å²) in [5, 5.41) is 0. The molecule has 1 aromatic heterocycles. The maximum atomic E-state index is 10.2. The highest BCUT2D eigenvalue weighted by atomic mass is 127. The number of primary amides is 1. The minimum atomic E-state index is -0.480. The number of aromatic amines is 1. The van der Waals surface area contributed by atoms with Gasteiger partial charge in [-0.25, -0.2) is 9.78 Å². The highest BCUT2D eigenvalue weighted by molar-refractivity contribution is 5.73. The SMILES string of the molecule is NC(=O)n1cc[nH+]c1.[I-]. The molecule has 50 valence electrons. The fourth-order valence-electron chi connectivity index (χ4n) is 0.427. The predicted molar refractivity (Wildman–Crippen MR) is 26.0 cm³/mol. The summed E-state index contributed by atoms with van der Waals surface area (Å²) in [5.41, 5.74) is 4.86. The molecule has 0 aliphatic rings. The third kappa shape index (κ3) is 2.00. The smallest absolute Gasteiger partial charge is 0.410 e. The monoisotopic (exact) mass is 239 g/mol. The van der Waals surface area contributed by atoms with Crippen LogP contribution in [-0.4, -0.2) is 10.6 Å². The van der Waals surface area contributed by atoms with E-state index in [1.807, 2.05) is 0 Å². The molecule has 4 nitrogen and oxygen atoms in total. The molecular formula is C4H6IN3O. The van der Waals surface area contributed by atoms with Gasteiger partial charge in [0.25, 0.3) is 6.33 Å². The Morgan fingerprint density at radius 2 is 2.33 bits per heavy atom. The first kappa shape index (κ1) is 8.41. The first-order valence-corrected chi connectivity index (χ1v) is 2.14. The van der Waals surface area contributed by atoms with Crippen molar-refractivity contribution in [3.63, 3.8) is 0 Å². The van der Waals surface area contributed by atoms with Gasteiger partial charge in [0.05, 0.1) is 0 Å². The molecule has 0 aliphatic heterocycles. The third-order valence-corrected chi connectivity index (χ3v) is 0.799. The Morgan fingerprint density at radius 1 is 1.67 bits per heavy atom. The van der Waals surface area contributed by atoms with Crippen LogP contribution in [0.25, 0.3) is 0 Å². The molecule has 1 aromatic rings. The molecule has 0 aromatic carbocycles. The van der Waals surface area contributed by atoms with Gasteiger partial charge in [0.1, 0.15) is 12.4 Å². The average molecular weight is 239 g/mol. The minimum Gasteiger partial charge on any atom is -1.00 e. The van der Waals surface area contributed by atoms with Gasteiger partial charge in [-0.1, -0.05) is 0 Å². The number of carbonyl (C=O) groups is 1. The number of nitrogens with one attached hydrogen (secondary N) is 1. The molecule has 1 rings (SSSR count). The number of amides is 1. The van der Waals surface area contributed by atoms with Crippen LogP contribution in [0.4, 0.5) is 4.79 Å². The number of carbonyl (C=O) groups excluding carboxylic acids is 1. The van der Waals surface area contributed by atoms with Gasteiger partial charge in [0.2, 0.25) is 0 Å². The predicted octanol–water partition coefficient (Wildman–Crippen LogP) is -3.77. The maximum absolute atomic E-state index is 10.2. The van der Waals surface area contributed by atoms with Crippen molar-refractivity contribution in [2.45, 2.75) is 0 Å². The third-order valence-electron chi connectivity index (χ3n) is 0.799. The lowest BCUT2D eigenvalue weighted by Crippen LogP contribution is -3.00. The Bertz CT molecular complexity index is 184. The zero-order valence-corrected chi connectivity index (χ0v) is 6.70. The zero-order chi connectivity index (χ0) is 5.98. The number of imidazole rings is 1. The van der Waals surface area contributed by atoms with Gasteiger partial charge < -0.3 is 29.7 Å². The van der Waals surface area contributed by atoms with Gasteiger partial charge in [0.15, 0.2) is 0 Å². The second-order valence-corrected chi connectivity index (χ2v) is 1.36. The van der Waals surface area contributed by atoms with Gasteiger partial charge >= 0.3 is 6.03 Å². The van der Waals surface area contributed by atoms with Gasteiger partial charge in [-0.3, -0.25) is 0 Å². The topological polar surface area (TPSA) is 62.2 Å². The van der Waals surface area contributed by atoms with E-state index in [-0.39, 0.29) is 24.0 Å². The van der Waals surface area contributed by atoms with Crippen LogP contribution in [0.1, 0.15) is 0 Å². The van der Waals surface area contributed by atoms with E-state index >= 15 is 0 Å². The molecule has 0 spiro atoms. The van der Waals surface area contributed by atoms with Gasteiger partial charge in [-0.15, -0.1) is 0 Å².